The predicted octanol–water partition coefficient (Wildman–Crippen LogP) is 1.22. The smallest absolute Gasteiger partial charge is 0.251 e. The summed E-state index contributed by atoms with van der Waals surface area (Å²) in [5.41, 5.74) is 5.34. The highest BCUT2D eigenvalue weighted by Gasteiger charge is 2.05. The Labute approximate surface area is 110 Å². The lowest BCUT2D eigenvalue weighted by molar-refractivity contribution is -0.121. The molecule has 0 atom stereocenters. The fourth-order valence-electron chi connectivity index (χ4n) is 1.19. The van der Waals surface area contributed by atoms with Crippen LogP contribution in [0.15, 0.2) is 37.0 Å². The molecule has 0 saturated heterocycles. The highest BCUT2D eigenvalue weighted by molar-refractivity contribution is 6.30. The van der Waals surface area contributed by atoms with Gasteiger partial charge in [-0.25, -0.2) is 0 Å². The van der Waals surface area contributed by atoms with Gasteiger partial charge >= 0.3 is 0 Å². The van der Waals surface area contributed by atoms with E-state index in [1.807, 2.05) is 0 Å². The molecule has 0 saturated carbocycles. The van der Waals surface area contributed by atoms with Crippen LogP contribution in [0.3, 0.4) is 0 Å². The average Bonchev–Trinajstić information content (AvgIpc) is 2.37. The molecule has 96 valence electrons. The number of halogens is 1. The van der Waals surface area contributed by atoms with E-state index in [-0.39, 0.29) is 24.8 Å². The summed E-state index contributed by atoms with van der Waals surface area (Å²) in [6.45, 7) is 3.64. The largest absolute Gasteiger partial charge is 0.352 e. The van der Waals surface area contributed by atoms with Gasteiger partial charge in [-0.1, -0.05) is 18.2 Å². The van der Waals surface area contributed by atoms with Crippen LogP contribution >= 0.6 is 11.6 Å². The number of hydrazine groups is 1. The maximum Gasteiger partial charge on any atom is 0.251 e. The van der Waals surface area contributed by atoms with E-state index >= 15 is 0 Å². The minimum atomic E-state index is -0.240. The van der Waals surface area contributed by atoms with Crippen molar-refractivity contribution >= 4 is 23.4 Å². The normalized spacial score (nSPS) is 9.39. The van der Waals surface area contributed by atoms with Gasteiger partial charge in [0.15, 0.2) is 0 Å². The van der Waals surface area contributed by atoms with E-state index in [4.69, 9.17) is 11.6 Å². The number of carbonyl (C=O) groups excluding carboxylic acids is 2. The first-order chi connectivity index (χ1) is 8.63. The van der Waals surface area contributed by atoms with Crippen LogP contribution in [0.1, 0.15) is 16.8 Å². The molecule has 0 spiro atoms. The van der Waals surface area contributed by atoms with E-state index in [1.165, 1.54) is 6.20 Å². The molecule has 0 heterocycles. The summed E-state index contributed by atoms with van der Waals surface area (Å²) in [6, 6.07) is 6.52. The minimum absolute atomic E-state index is 0.181. The summed E-state index contributed by atoms with van der Waals surface area (Å²) in [5, 5.41) is 3.20. The lowest BCUT2D eigenvalue weighted by atomic mass is 10.2. The van der Waals surface area contributed by atoms with Crippen molar-refractivity contribution in [1.82, 2.24) is 16.2 Å². The summed E-state index contributed by atoms with van der Waals surface area (Å²) in [7, 11) is 0. The van der Waals surface area contributed by atoms with Crippen LogP contribution in [-0.4, -0.2) is 18.4 Å². The number of hydrogen-bond donors (Lipinski definition) is 3. The molecule has 3 N–H and O–H groups in total. The molecule has 0 unspecified atom stereocenters. The molecule has 0 fully saturated rings. The van der Waals surface area contributed by atoms with Gasteiger partial charge in [-0.05, 0) is 24.3 Å². The molecule has 2 amide bonds. The van der Waals surface area contributed by atoms with Gasteiger partial charge in [0, 0.05) is 29.8 Å². The van der Waals surface area contributed by atoms with Gasteiger partial charge in [0.1, 0.15) is 0 Å². The number of benzene rings is 1. The monoisotopic (exact) mass is 267 g/mol. The van der Waals surface area contributed by atoms with E-state index in [0.717, 1.165) is 0 Å². The highest BCUT2D eigenvalue weighted by Crippen LogP contribution is 2.09. The molecule has 0 aliphatic heterocycles. The Morgan fingerprint density at radius 2 is 1.94 bits per heavy atom. The minimum Gasteiger partial charge on any atom is -0.352 e. The summed E-state index contributed by atoms with van der Waals surface area (Å²) >= 11 is 5.71. The third-order valence-corrected chi connectivity index (χ3v) is 2.31. The summed E-state index contributed by atoms with van der Waals surface area (Å²) < 4.78 is 0. The predicted molar refractivity (Wildman–Crippen MR) is 69.9 cm³/mol. The maximum absolute atomic E-state index is 11.6. The van der Waals surface area contributed by atoms with Crippen LogP contribution < -0.4 is 16.2 Å². The standard InChI is InChI=1S/C12H14ClN3O2/c1-2-15-16-11(17)7-8-14-12(18)9-3-5-10(13)6-4-9/h2-6,15H,1,7-8H2,(H,14,18)(H,16,17). The number of amides is 2. The summed E-state index contributed by atoms with van der Waals surface area (Å²) in [4.78, 5) is 22.8. The SMILES string of the molecule is C=CNNC(=O)CCNC(=O)c1ccc(Cl)cc1. The van der Waals surface area contributed by atoms with Crippen molar-refractivity contribution in [1.29, 1.82) is 0 Å². The van der Waals surface area contributed by atoms with Crippen molar-refractivity contribution in [2.24, 2.45) is 0 Å². The van der Waals surface area contributed by atoms with Crippen molar-refractivity contribution in [3.05, 3.63) is 47.6 Å². The Morgan fingerprint density at radius 3 is 2.56 bits per heavy atom. The molecule has 1 rings (SSSR count). The van der Waals surface area contributed by atoms with Crippen molar-refractivity contribution in [3.8, 4) is 0 Å². The van der Waals surface area contributed by atoms with Crippen LogP contribution in [0.25, 0.3) is 0 Å². The van der Waals surface area contributed by atoms with E-state index in [9.17, 15) is 9.59 Å². The first-order valence-corrected chi connectivity index (χ1v) is 5.70. The molecule has 5 nitrogen and oxygen atoms in total. The maximum atomic E-state index is 11.6. The Kier molecular flexibility index (Phi) is 5.73. The highest BCUT2D eigenvalue weighted by atomic mass is 35.5. The topological polar surface area (TPSA) is 70.2 Å². The van der Waals surface area contributed by atoms with Crippen molar-refractivity contribution < 1.29 is 9.59 Å². The Bertz CT molecular complexity index is 431. The van der Waals surface area contributed by atoms with Crippen molar-refractivity contribution in [2.45, 2.75) is 6.42 Å². The molecule has 0 aliphatic rings. The molecule has 6 heteroatoms. The molecule has 0 bridgehead atoms. The lowest BCUT2D eigenvalue weighted by Crippen LogP contribution is -2.36. The molecular formula is C12H14ClN3O2. The van der Waals surface area contributed by atoms with Gasteiger partial charge in [-0.3, -0.25) is 15.0 Å². The fraction of sp³-hybridized carbons (Fsp3) is 0.167. The van der Waals surface area contributed by atoms with Gasteiger partial charge in [0.2, 0.25) is 5.91 Å². The first-order valence-electron chi connectivity index (χ1n) is 5.32. The third-order valence-electron chi connectivity index (χ3n) is 2.06. The van der Waals surface area contributed by atoms with E-state index in [0.29, 0.717) is 10.6 Å². The number of nitrogens with one attached hydrogen (secondary N) is 3. The Morgan fingerprint density at radius 1 is 1.28 bits per heavy atom. The molecule has 0 aliphatic carbocycles. The molecular weight excluding hydrogens is 254 g/mol. The third kappa shape index (κ3) is 4.88. The van der Waals surface area contributed by atoms with Gasteiger partial charge in [0.25, 0.3) is 5.91 Å². The van der Waals surface area contributed by atoms with Crippen LogP contribution in [0.2, 0.25) is 5.02 Å². The van der Waals surface area contributed by atoms with Crippen molar-refractivity contribution in [2.75, 3.05) is 6.54 Å². The molecule has 0 aromatic heterocycles. The fourth-order valence-corrected chi connectivity index (χ4v) is 1.31. The molecule has 0 radical (unpaired) electrons. The summed E-state index contributed by atoms with van der Waals surface area (Å²) in [5.74, 6) is -0.470. The zero-order valence-corrected chi connectivity index (χ0v) is 10.5. The zero-order valence-electron chi connectivity index (χ0n) is 9.70. The average molecular weight is 268 g/mol. The Hall–Kier alpha value is -2.01. The zero-order chi connectivity index (χ0) is 13.4. The Balaban J connectivity index is 2.31. The second-order valence-corrected chi connectivity index (χ2v) is 3.85. The summed E-state index contributed by atoms with van der Waals surface area (Å²) in [6.07, 6.45) is 1.53. The number of rotatable bonds is 6. The van der Waals surface area contributed by atoms with Gasteiger partial charge in [-0.15, -0.1) is 0 Å². The van der Waals surface area contributed by atoms with Gasteiger partial charge in [0.05, 0.1) is 0 Å². The molecule has 1 aromatic carbocycles. The lowest BCUT2D eigenvalue weighted by Gasteiger charge is -2.06. The van der Waals surface area contributed by atoms with Gasteiger partial charge < -0.3 is 10.7 Å². The van der Waals surface area contributed by atoms with Crippen LogP contribution in [0.5, 0.6) is 0 Å². The van der Waals surface area contributed by atoms with Crippen molar-refractivity contribution in [3.63, 3.8) is 0 Å². The van der Waals surface area contributed by atoms with E-state index < -0.39 is 0 Å². The molecule has 18 heavy (non-hydrogen) atoms. The van der Waals surface area contributed by atoms with E-state index in [2.05, 4.69) is 22.7 Å². The quantitative estimate of drug-likeness (QED) is 0.679. The van der Waals surface area contributed by atoms with Crippen LogP contribution in [0.4, 0.5) is 0 Å². The molecule has 1 aromatic rings. The second-order valence-electron chi connectivity index (χ2n) is 3.41. The number of hydrogen-bond acceptors (Lipinski definition) is 3. The van der Waals surface area contributed by atoms with Crippen LogP contribution in [0, 0.1) is 0 Å². The first kappa shape index (κ1) is 14.1. The number of carbonyl (C=O) groups is 2. The van der Waals surface area contributed by atoms with E-state index in [1.54, 1.807) is 24.3 Å². The second kappa shape index (κ2) is 7.34. The van der Waals surface area contributed by atoms with Crippen LogP contribution in [-0.2, 0) is 4.79 Å². The van der Waals surface area contributed by atoms with Gasteiger partial charge in [-0.2, -0.15) is 0 Å².